The van der Waals surface area contributed by atoms with E-state index >= 15 is 0 Å². The minimum atomic E-state index is -0.457. The Morgan fingerprint density at radius 1 is 1.13 bits per heavy atom. The second-order valence-corrected chi connectivity index (χ2v) is 6.31. The first kappa shape index (κ1) is 19.1. The summed E-state index contributed by atoms with van der Waals surface area (Å²) >= 11 is 0. The molecule has 0 aliphatic rings. The second kappa shape index (κ2) is 8.43. The van der Waals surface area contributed by atoms with Crippen LogP contribution in [0.4, 0.5) is 5.95 Å². The molecule has 10 nitrogen and oxygen atoms in total. The third-order valence-corrected chi connectivity index (χ3v) is 4.33. The predicted molar refractivity (Wildman–Crippen MR) is 108 cm³/mol. The molecule has 30 heavy (non-hydrogen) atoms. The van der Waals surface area contributed by atoms with Gasteiger partial charge in [-0.15, -0.1) is 10.2 Å². The molecule has 4 rings (SSSR count). The number of carbonyl (C=O) groups is 1. The Morgan fingerprint density at radius 3 is 2.73 bits per heavy atom. The molecule has 0 spiro atoms. The van der Waals surface area contributed by atoms with Gasteiger partial charge >= 0.3 is 0 Å². The third-order valence-electron chi connectivity index (χ3n) is 4.33. The van der Waals surface area contributed by atoms with Crippen LogP contribution in [-0.4, -0.2) is 50.3 Å². The van der Waals surface area contributed by atoms with Gasteiger partial charge in [-0.25, -0.2) is 4.68 Å². The zero-order chi connectivity index (χ0) is 20.9. The van der Waals surface area contributed by atoms with Gasteiger partial charge in [-0.05, 0) is 17.7 Å². The van der Waals surface area contributed by atoms with E-state index in [2.05, 4.69) is 30.8 Å². The standard InChI is InChI=1S/C20H19N7O3/c1-29-14-8-9-15(17(10-14)30-2)18-21-20(25-24-18)22-19(28)16-12-27(26-23-16)11-13-6-4-3-5-7-13/h3-10,12H,11H2,1-2H3,(H2,21,22,24,25,28). The van der Waals surface area contributed by atoms with E-state index in [1.54, 1.807) is 43.3 Å². The van der Waals surface area contributed by atoms with Gasteiger partial charge in [0.2, 0.25) is 5.95 Å². The number of benzene rings is 2. The molecule has 0 saturated heterocycles. The second-order valence-electron chi connectivity index (χ2n) is 6.31. The Bertz CT molecular complexity index is 1150. The summed E-state index contributed by atoms with van der Waals surface area (Å²) in [7, 11) is 3.13. The molecule has 10 heteroatoms. The van der Waals surface area contributed by atoms with Crippen molar-refractivity contribution in [1.82, 2.24) is 30.2 Å². The lowest BCUT2D eigenvalue weighted by Gasteiger charge is -2.07. The minimum Gasteiger partial charge on any atom is -0.497 e. The van der Waals surface area contributed by atoms with Gasteiger partial charge < -0.3 is 9.47 Å². The van der Waals surface area contributed by atoms with Gasteiger partial charge in [0.1, 0.15) is 11.5 Å². The fraction of sp³-hybridized carbons (Fsp3) is 0.150. The summed E-state index contributed by atoms with van der Waals surface area (Å²) in [5, 5.41) is 17.4. The largest absolute Gasteiger partial charge is 0.497 e. The molecule has 152 valence electrons. The number of H-pyrrole nitrogens is 1. The molecule has 2 aromatic carbocycles. The summed E-state index contributed by atoms with van der Waals surface area (Å²) < 4.78 is 12.2. The highest BCUT2D eigenvalue weighted by molar-refractivity contribution is 6.01. The lowest BCUT2D eigenvalue weighted by Crippen LogP contribution is -2.13. The Labute approximate surface area is 171 Å². The van der Waals surface area contributed by atoms with Gasteiger partial charge in [-0.3, -0.25) is 15.2 Å². The average molecular weight is 405 g/mol. The van der Waals surface area contributed by atoms with Crippen molar-refractivity contribution in [3.63, 3.8) is 0 Å². The van der Waals surface area contributed by atoms with Crippen molar-refractivity contribution in [3.05, 3.63) is 66.0 Å². The van der Waals surface area contributed by atoms with Gasteiger partial charge in [-0.1, -0.05) is 35.5 Å². The summed E-state index contributed by atoms with van der Waals surface area (Å²) in [5.74, 6) is 1.32. The number of rotatable bonds is 7. The number of ether oxygens (including phenoxy) is 2. The van der Waals surface area contributed by atoms with Crippen molar-refractivity contribution in [2.24, 2.45) is 0 Å². The maximum absolute atomic E-state index is 12.5. The summed E-state index contributed by atoms with van der Waals surface area (Å²) in [6.07, 6.45) is 1.57. The van der Waals surface area contributed by atoms with Crippen LogP contribution >= 0.6 is 0 Å². The van der Waals surface area contributed by atoms with Gasteiger partial charge in [0, 0.05) is 6.07 Å². The highest BCUT2D eigenvalue weighted by atomic mass is 16.5. The number of anilines is 1. The van der Waals surface area contributed by atoms with E-state index in [0.29, 0.717) is 29.4 Å². The topological polar surface area (TPSA) is 120 Å². The van der Waals surface area contributed by atoms with E-state index in [4.69, 9.17) is 9.47 Å². The van der Waals surface area contributed by atoms with E-state index < -0.39 is 5.91 Å². The first-order chi connectivity index (χ1) is 14.7. The summed E-state index contributed by atoms with van der Waals surface area (Å²) in [4.78, 5) is 16.8. The maximum Gasteiger partial charge on any atom is 0.280 e. The van der Waals surface area contributed by atoms with Gasteiger partial charge in [0.05, 0.1) is 32.5 Å². The number of amides is 1. The smallest absolute Gasteiger partial charge is 0.280 e. The molecule has 0 radical (unpaired) electrons. The van der Waals surface area contributed by atoms with Crippen LogP contribution in [-0.2, 0) is 6.54 Å². The van der Waals surface area contributed by atoms with Crippen molar-refractivity contribution in [3.8, 4) is 22.9 Å². The third kappa shape index (κ3) is 4.12. The number of nitrogens with one attached hydrogen (secondary N) is 2. The summed E-state index contributed by atoms with van der Waals surface area (Å²) in [5.41, 5.74) is 1.90. The van der Waals surface area contributed by atoms with Crippen molar-refractivity contribution in [2.45, 2.75) is 6.54 Å². The Balaban J connectivity index is 1.46. The van der Waals surface area contributed by atoms with E-state index in [1.807, 2.05) is 30.3 Å². The van der Waals surface area contributed by atoms with Gasteiger partial charge in [0.15, 0.2) is 11.5 Å². The number of nitrogens with zero attached hydrogens (tertiary/aromatic N) is 5. The van der Waals surface area contributed by atoms with E-state index in [1.165, 1.54) is 0 Å². The number of carbonyl (C=O) groups excluding carboxylic acids is 1. The van der Waals surface area contributed by atoms with Gasteiger partial charge in [-0.2, -0.15) is 4.98 Å². The molecular weight excluding hydrogens is 386 g/mol. The molecular formula is C20H19N7O3. The van der Waals surface area contributed by atoms with Crippen molar-refractivity contribution in [2.75, 3.05) is 19.5 Å². The van der Waals surface area contributed by atoms with E-state index in [9.17, 15) is 4.79 Å². The summed E-state index contributed by atoms with van der Waals surface area (Å²) in [6.45, 7) is 0.517. The molecule has 1 amide bonds. The number of methoxy groups -OCH3 is 2. The molecule has 0 aliphatic heterocycles. The van der Waals surface area contributed by atoms with E-state index in [0.717, 1.165) is 5.56 Å². The molecule has 2 N–H and O–H groups in total. The van der Waals surface area contributed by atoms with Crippen molar-refractivity contribution >= 4 is 11.9 Å². The van der Waals surface area contributed by atoms with Crippen LogP contribution in [0.3, 0.4) is 0 Å². The fourth-order valence-electron chi connectivity index (χ4n) is 2.85. The number of hydrogen-bond donors (Lipinski definition) is 2. The Kier molecular flexibility index (Phi) is 5.37. The monoisotopic (exact) mass is 405 g/mol. The molecule has 2 heterocycles. The lowest BCUT2D eigenvalue weighted by atomic mass is 10.2. The maximum atomic E-state index is 12.5. The highest BCUT2D eigenvalue weighted by Gasteiger charge is 2.16. The molecule has 0 bridgehead atoms. The fourth-order valence-corrected chi connectivity index (χ4v) is 2.85. The van der Waals surface area contributed by atoms with Crippen molar-refractivity contribution in [1.29, 1.82) is 0 Å². The van der Waals surface area contributed by atoms with Crippen LogP contribution in [0.2, 0.25) is 0 Å². The normalized spacial score (nSPS) is 10.6. The molecule has 0 fully saturated rings. The van der Waals surface area contributed by atoms with Crippen LogP contribution in [0.1, 0.15) is 16.1 Å². The number of hydrogen-bond acceptors (Lipinski definition) is 7. The average Bonchev–Trinajstić information content (AvgIpc) is 3.44. The number of aromatic nitrogens is 6. The first-order valence-electron chi connectivity index (χ1n) is 9.06. The van der Waals surface area contributed by atoms with E-state index in [-0.39, 0.29) is 11.6 Å². The zero-order valence-corrected chi connectivity index (χ0v) is 16.4. The SMILES string of the molecule is COc1ccc(-c2nc(NC(=O)c3cn(Cc4ccccc4)nn3)n[nH]2)c(OC)c1. The first-order valence-corrected chi connectivity index (χ1v) is 9.06. The molecule has 0 aliphatic carbocycles. The highest BCUT2D eigenvalue weighted by Crippen LogP contribution is 2.31. The zero-order valence-electron chi connectivity index (χ0n) is 16.4. The number of aromatic amines is 1. The van der Waals surface area contributed by atoms with Crippen LogP contribution in [0.5, 0.6) is 11.5 Å². The van der Waals surface area contributed by atoms with Crippen LogP contribution in [0.15, 0.2) is 54.7 Å². The van der Waals surface area contributed by atoms with Crippen LogP contribution in [0, 0.1) is 0 Å². The van der Waals surface area contributed by atoms with Crippen LogP contribution < -0.4 is 14.8 Å². The molecule has 2 aromatic heterocycles. The lowest BCUT2D eigenvalue weighted by molar-refractivity contribution is 0.102. The molecule has 4 aromatic rings. The molecule has 0 atom stereocenters. The quantitative estimate of drug-likeness (QED) is 0.484. The molecule has 0 unspecified atom stereocenters. The summed E-state index contributed by atoms with van der Waals surface area (Å²) in [6, 6.07) is 15.1. The van der Waals surface area contributed by atoms with Gasteiger partial charge in [0.25, 0.3) is 5.91 Å². The molecule has 0 saturated carbocycles. The Hall–Kier alpha value is -4.21. The van der Waals surface area contributed by atoms with Crippen LogP contribution in [0.25, 0.3) is 11.4 Å². The Morgan fingerprint density at radius 2 is 1.97 bits per heavy atom. The van der Waals surface area contributed by atoms with Crippen molar-refractivity contribution < 1.29 is 14.3 Å². The minimum absolute atomic E-state index is 0.116. The predicted octanol–water partition coefficient (Wildman–Crippen LogP) is 2.38.